The highest BCUT2D eigenvalue weighted by molar-refractivity contribution is 6.27. The smallest absolute Gasteiger partial charge is 0.244 e. The summed E-state index contributed by atoms with van der Waals surface area (Å²) in [6, 6.07) is 7.66. The topological polar surface area (TPSA) is 78.5 Å². The van der Waals surface area contributed by atoms with Crippen LogP contribution in [0.4, 0.5) is 11.4 Å². The number of nitrogens with zero attached hydrogens (tertiary/aromatic N) is 1. The molecule has 144 valence electrons. The summed E-state index contributed by atoms with van der Waals surface area (Å²) in [6.07, 6.45) is 7.89. The molecule has 1 atom stereocenters. The van der Waals surface area contributed by atoms with Crippen LogP contribution in [-0.2, 0) is 14.4 Å². The summed E-state index contributed by atoms with van der Waals surface area (Å²) in [5.74, 6) is -2.46. The molecule has 3 aliphatic rings. The van der Waals surface area contributed by atoms with Gasteiger partial charge in [-0.1, -0.05) is 19.3 Å². The van der Waals surface area contributed by atoms with E-state index in [0.717, 1.165) is 38.0 Å². The monoisotopic (exact) mass is 369 g/mol. The average molecular weight is 369 g/mol. The number of benzene rings is 1. The number of anilines is 2. The highest BCUT2D eigenvalue weighted by Crippen LogP contribution is 2.35. The van der Waals surface area contributed by atoms with Crippen LogP contribution in [0.5, 0.6) is 0 Å². The van der Waals surface area contributed by atoms with Crippen LogP contribution >= 0.6 is 0 Å². The van der Waals surface area contributed by atoms with Gasteiger partial charge in [0.05, 0.1) is 5.54 Å². The van der Waals surface area contributed by atoms with Crippen molar-refractivity contribution in [3.05, 3.63) is 24.3 Å². The van der Waals surface area contributed by atoms with Gasteiger partial charge in [-0.05, 0) is 56.4 Å². The minimum absolute atomic E-state index is 0.255. The summed E-state index contributed by atoms with van der Waals surface area (Å²) in [7, 11) is 0. The third kappa shape index (κ3) is 3.45. The number of carbonyl (C=O) groups excluding carboxylic acids is 3. The number of hydrogen-bond donors (Lipinski definition) is 2. The quantitative estimate of drug-likeness (QED) is 0.803. The van der Waals surface area contributed by atoms with Crippen LogP contribution in [0.25, 0.3) is 0 Å². The van der Waals surface area contributed by atoms with Crippen molar-refractivity contribution in [1.82, 2.24) is 5.32 Å². The van der Waals surface area contributed by atoms with Crippen molar-refractivity contribution in [2.45, 2.75) is 56.9 Å². The minimum atomic E-state index is -1.23. The van der Waals surface area contributed by atoms with Gasteiger partial charge in [0.25, 0.3) is 0 Å². The molecular weight excluding hydrogens is 342 g/mol. The van der Waals surface area contributed by atoms with E-state index in [0.29, 0.717) is 18.5 Å². The minimum Gasteiger partial charge on any atom is -0.372 e. The first kappa shape index (κ1) is 18.0. The Hall–Kier alpha value is -2.37. The van der Waals surface area contributed by atoms with Gasteiger partial charge >= 0.3 is 0 Å². The molecule has 2 aliphatic heterocycles. The molecule has 1 spiro atoms. The van der Waals surface area contributed by atoms with Crippen molar-refractivity contribution in [3.8, 4) is 0 Å². The van der Waals surface area contributed by atoms with Gasteiger partial charge in [0.1, 0.15) is 0 Å². The van der Waals surface area contributed by atoms with Crippen molar-refractivity contribution < 1.29 is 14.4 Å². The van der Waals surface area contributed by atoms with Gasteiger partial charge in [-0.3, -0.25) is 14.4 Å². The summed E-state index contributed by atoms with van der Waals surface area (Å²) >= 11 is 0. The fourth-order valence-electron chi connectivity index (χ4n) is 4.65. The largest absolute Gasteiger partial charge is 0.372 e. The fourth-order valence-corrected chi connectivity index (χ4v) is 4.65. The van der Waals surface area contributed by atoms with Crippen LogP contribution in [0, 0.1) is 5.92 Å². The van der Waals surface area contributed by atoms with Crippen LogP contribution in [0.15, 0.2) is 24.3 Å². The Labute approximate surface area is 159 Å². The molecule has 2 amide bonds. The molecule has 3 fully saturated rings. The van der Waals surface area contributed by atoms with E-state index in [4.69, 9.17) is 0 Å². The summed E-state index contributed by atoms with van der Waals surface area (Å²) < 4.78 is 0. The Morgan fingerprint density at radius 3 is 2.26 bits per heavy atom. The van der Waals surface area contributed by atoms with Crippen LogP contribution < -0.4 is 15.5 Å². The third-order valence-electron chi connectivity index (χ3n) is 6.18. The van der Waals surface area contributed by atoms with E-state index < -0.39 is 23.3 Å². The van der Waals surface area contributed by atoms with E-state index in [9.17, 15) is 14.4 Å². The van der Waals surface area contributed by atoms with Crippen LogP contribution in [0.2, 0.25) is 0 Å². The summed E-state index contributed by atoms with van der Waals surface area (Å²) in [5.41, 5.74) is 0.949. The first-order valence-electron chi connectivity index (χ1n) is 10.1. The molecule has 27 heavy (non-hydrogen) atoms. The van der Waals surface area contributed by atoms with E-state index >= 15 is 0 Å². The first-order valence-corrected chi connectivity index (χ1v) is 10.1. The fraction of sp³-hybridized carbons (Fsp3) is 0.571. The normalized spacial score (nSPS) is 24.7. The lowest BCUT2D eigenvalue weighted by atomic mass is 9.78. The van der Waals surface area contributed by atoms with Gasteiger partial charge in [0.2, 0.25) is 11.8 Å². The summed E-state index contributed by atoms with van der Waals surface area (Å²) in [6.45, 7) is 2.12. The van der Waals surface area contributed by atoms with Crippen molar-refractivity contribution in [2.24, 2.45) is 5.92 Å². The Morgan fingerprint density at radius 1 is 0.963 bits per heavy atom. The molecule has 1 aromatic carbocycles. The lowest BCUT2D eigenvalue weighted by molar-refractivity contribution is -0.135. The Morgan fingerprint density at radius 2 is 1.59 bits per heavy atom. The molecule has 2 heterocycles. The van der Waals surface area contributed by atoms with E-state index in [1.165, 1.54) is 19.3 Å². The second-order valence-corrected chi connectivity index (χ2v) is 8.01. The number of rotatable bonds is 3. The summed E-state index contributed by atoms with van der Waals surface area (Å²) in [4.78, 5) is 40.2. The molecule has 6 nitrogen and oxygen atoms in total. The zero-order chi connectivity index (χ0) is 18.9. The van der Waals surface area contributed by atoms with Gasteiger partial charge < -0.3 is 15.5 Å². The van der Waals surface area contributed by atoms with Crippen LogP contribution in [-0.4, -0.2) is 36.2 Å². The van der Waals surface area contributed by atoms with Gasteiger partial charge in [0, 0.05) is 24.5 Å². The van der Waals surface area contributed by atoms with Crippen LogP contribution in [0.1, 0.15) is 51.4 Å². The first-order chi connectivity index (χ1) is 13.1. The lowest BCUT2D eigenvalue weighted by Gasteiger charge is -2.31. The molecule has 2 N–H and O–H groups in total. The number of hydrogen-bond acceptors (Lipinski definition) is 4. The van der Waals surface area contributed by atoms with E-state index in [1.807, 2.05) is 24.3 Å². The average Bonchev–Trinajstić information content (AvgIpc) is 2.93. The number of carbonyl (C=O) groups is 3. The van der Waals surface area contributed by atoms with Gasteiger partial charge in [0.15, 0.2) is 11.7 Å². The number of amides is 2. The number of Topliss-reactive ketones (excluding diaryl/α,β-unsaturated/α-hetero) is 1. The molecular formula is C21H27N3O3. The third-order valence-corrected chi connectivity index (χ3v) is 6.18. The Kier molecular flexibility index (Phi) is 4.89. The van der Waals surface area contributed by atoms with Gasteiger partial charge in [-0.2, -0.15) is 0 Å². The molecule has 2 saturated heterocycles. The van der Waals surface area contributed by atoms with Crippen molar-refractivity contribution in [3.63, 3.8) is 0 Å². The molecule has 6 heteroatoms. The van der Waals surface area contributed by atoms with Crippen molar-refractivity contribution in [1.29, 1.82) is 0 Å². The molecule has 1 unspecified atom stereocenters. The zero-order valence-corrected chi connectivity index (χ0v) is 15.6. The van der Waals surface area contributed by atoms with Crippen molar-refractivity contribution in [2.75, 3.05) is 23.3 Å². The van der Waals surface area contributed by atoms with Gasteiger partial charge in [-0.15, -0.1) is 0 Å². The van der Waals surface area contributed by atoms with Crippen LogP contribution in [0.3, 0.4) is 0 Å². The molecule has 1 aromatic rings. The maximum atomic E-state index is 12.8. The van der Waals surface area contributed by atoms with E-state index in [1.54, 1.807) is 0 Å². The predicted molar refractivity (Wildman–Crippen MR) is 104 cm³/mol. The Bertz CT molecular complexity index is 732. The zero-order valence-electron chi connectivity index (χ0n) is 15.6. The number of piperidine rings is 1. The molecule has 1 saturated carbocycles. The maximum absolute atomic E-state index is 12.8. The van der Waals surface area contributed by atoms with Gasteiger partial charge in [-0.25, -0.2) is 0 Å². The molecule has 0 radical (unpaired) electrons. The van der Waals surface area contributed by atoms with E-state index in [2.05, 4.69) is 15.5 Å². The van der Waals surface area contributed by atoms with Crippen molar-refractivity contribution >= 4 is 29.0 Å². The summed E-state index contributed by atoms with van der Waals surface area (Å²) in [5, 5.41) is 5.59. The molecule has 1 aliphatic carbocycles. The second-order valence-electron chi connectivity index (χ2n) is 8.01. The second kappa shape index (κ2) is 7.33. The highest BCUT2D eigenvalue weighted by atomic mass is 16.2. The Balaban J connectivity index is 1.42. The lowest BCUT2D eigenvalue weighted by Crippen LogP contribution is -2.48. The maximum Gasteiger partial charge on any atom is 0.244 e. The SMILES string of the molecule is O=C(Nc1ccc(N2CCCCC2)cc1)C1C(=O)NC2(CCCCC2)C1=O. The predicted octanol–water partition coefficient (Wildman–Crippen LogP) is 2.63. The molecule has 0 aromatic heterocycles. The molecule has 4 rings (SSSR count). The van der Waals surface area contributed by atoms with E-state index in [-0.39, 0.29) is 5.78 Å². The number of ketones is 1. The molecule has 0 bridgehead atoms. The highest BCUT2D eigenvalue weighted by Gasteiger charge is 2.55. The standard InChI is InChI=1S/C21H27N3O3/c25-18-17(20(27)23-21(18)11-3-1-4-12-21)19(26)22-15-7-9-16(10-8-15)24-13-5-2-6-14-24/h7-10,17H,1-6,11-14H2,(H,22,26)(H,23,27). The number of nitrogens with one attached hydrogen (secondary N) is 2.